The number of imidazole rings is 1. The normalized spacial score (nSPS) is 17.6. The van der Waals surface area contributed by atoms with Gasteiger partial charge in [-0.05, 0) is 25.0 Å². The number of rotatable bonds is 2. The molecule has 0 aliphatic carbocycles. The summed E-state index contributed by atoms with van der Waals surface area (Å²) in [6, 6.07) is 5.73. The first-order valence-corrected chi connectivity index (χ1v) is 7.03. The molecule has 1 aliphatic heterocycles. The maximum Gasteiger partial charge on any atom is 0.251 e. The average molecular weight is 281 g/mol. The quantitative estimate of drug-likeness (QED) is 0.747. The molecule has 3 aromatic heterocycles. The summed E-state index contributed by atoms with van der Waals surface area (Å²) in [5, 5.41) is 4.43. The highest BCUT2D eigenvalue weighted by Crippen LogP contribution is 2.22. The van der Waals surface area contributed by atoms with Crippen LogP contribution in [0.5, 0.6) is 0 Å². The Morgan fingerprint density at radius 3 is 3.33 bits per heavy atom. The van der Waals surface area contributed by atoms with Crippen molar-refractivity contribution >= 4 is 16.7 Å². The van der Waals surface area contributed by atoms with E-state index in [1.807, 2.05) is 24.7 Å². The lowest BCUT2D eigenvalue weighted by atomic mass is 10.0. The zero-order valence-electron chi connectivity index (χ0n) is 11.4. The number of nitrogens with zero attached hydrogens (tertiary/aromatic N) is 3. The van der Waals surface area contributed by atoms with E-state index in [0.717, 1.165) is 30.5 Å². The van der Waals surface area contributed by atoms with Crippen molar-refractivity contribution < 1.29 is 0 Å². The molecule has 1 unspecified atom stereocenters. The summed E-state index contributed by atoms with van der Waals surface area (Å²) in [5.41, 5.74) is 2.59. The molecule has 1 aliphatic rings. The molecule has 3 aromatic rings. The Kier molecular flexibility index (Phi) is 2.73. The molecule has 0 amide bonds. The standard InChI is InChI=1S/C15H15N5O/c21-14-6-13(12-2-1-5-17-15(12)19-14)18-10-3-4-11-7-16-9-20(11)8-10/h1-2,5-7,9-10H,3-4,8H2,(H2,17,18,19,21). The van der Waals surface area contributed by atoms with Crippen LogP contribution < -0.4 is 10.9 Å². The second-order valence-corrected chi connectivity index (χ2v) is 5.36. The number of pyridine rings is 2. The molecule has 0 aromatic carbocycles. The van der Waals surface area contributed by atoms with Crippen LogP contribution in [0.15, 0.2) is 41.7 Å². The van der Waals surface area contributed by atoms with Crippen molar-refractivity contribution in [3.63, 3.8) is 0 Å². The minimum atomic E-state index is -0.136. The number of anilines is 1. The fourth-order valence-corrected chi connectivity index (χ4v) is 2.91. The van der Waals surface area contributed by atoms with E-state index in [1.54, 1.807) is 12.3 Å². The van der Waals surface area contributed by atoms with E-state index in [2.05, 4.69) is 24.8 Å². The first kappa shape index (κ1) is 12.1. The van der Waals surface area contributed by atoms with Crippen molar-refractivity contribution in [2.45, 2.75) is 25.4 Å². The number of fused-ring (bicyclic) bond motifs is 2. The lowest BCUT2D eigenvalue weighted by Crippen LogP contribution is -2.31. The maximum atomic E-state index is 11.8. The van der Waals surface area contributed by atoms with Crippen molar-refractivity contribution in [3.8, 4) is 0 Å². The summed E-state index contributed by atoms with van der Waals surface area (Å²) in [7, 11) is 0. The third-order valence-corrected chi connectivity index (χ3v) is 3.94. The first-order chi connectivity index (χ1) is 10.3. The summed E-state index contributed by atoms with van der Waals surface area (Å²) in [4.78, 5) is 22.9. The maximum absolute atomic E-state index is 11.8. The Morgan fingerprint density at radius 1 is 1.43 bits per heavy atom. The van der Waals surface area contributed by atoms with Crippen molar-refractivity contribution in [1.82, 2.24) is 19.5 Å². The molecule has 0 spiro atoms. The molecule has 0 saturated carbocycles. The predicted molar refractivity (Wildman–Crippen MR) is 80.3 cm³/mol. The van der Waals surface area contributed by atoms with Gasteiger partial charge in [0.2, 0.25) is 0 Å². The van der Waals surface area contributed by atoms with Gasteiger partial charge in [0.05, 0.1) is 12.0 Å². The van der Waals surface area contributed by atoms with Crippen LogP contribution in [-0.4, -0.2) is 25.6 Å². The molecule has 0 radical (unpaired) electrons. The summed E-state index contributed by atoms with van der Waals surface area (Å²) in [6.45, 7) is 0.865. The summed E-state index contributed by atoms with van der Waals surface area (Å²) >= 11 is 0. The predicted octanol–water partition coefficient (Wildman–Crippen LogP) is 1.55. The molecule has 4 rings (SSSR count). The Hall–Kier alpha value is -2.63. The summed E-state index contributed by atoms with van der Waals surface area (Å²) in [5.74, 6) is 0. The van der Waals surface area contributed by atoms with Crippen LogP contribution >= 0.6 is 0 Å². The van der Waals surface area contributed by atoms with Crippen molar-refractivity contribution in [2.24, 2.45) is 0 Å². The average Bonchev–Trinajstić information content (AvgIpc) is 2.94. The second kappa shape index (κ2) is 4.73. The second-order valence-electron chi connectivity index (χ2n) is 5.36. The lowest BCUT2D eigenvalue weighted by molar-refractivity contribution is 0.484. The van der Waals surface area contributed by atoms with Gasteiger partial charge in [-0.1, -0.05) is 0 Å². The molecular weight excluding hydrogens is 266 g/mol. The van der Waals surface area contributed by atoms with E-state index < -0.39 is 0 Å². The van der Waals surface area contributed by atoms with Crippen LogP contribution in [0.1, 0.15) is 12.1 Å². The van der Waals surface area contributed by atoms with Gasteiger partial charge in [0, 0.05) is 42.1 Å². The van der Waals surface area contributed by atoms with Gasteiger partial charge >= 0.3 is 0 Å². The number of aromatic amines is 1. The molecule has 106 valence electrons. The Balaban J connectivity index is 1.68. The van der Waals surface area contributed by atoms with Gasteiger partial charge in [-0.15, -0.1) is 0 Å². The van der Waals surface area contributed by atoms with Crippen LogP contribution in [0.25, 0.3) is 11.0 Å². The van der Waals surface area contributed by atoms with Gasteiger partial charge in [-0.3, -0.25) is 4.79 Å². The van der Waals surface area contributed by atoms with Gasteiger partial charge in [-0.2, -0.15) is 0 Å². The molecular formula is C15H15N5O. The van der Waals surface area contributed by atoms with Crippen molar-refractivity contribution in [3.05, 3.63) is 53.0 Å². The first-order valence-electron chi connectivity index (χ1n) is 7.03. The summed E-state index contributed by atoms with van der Waals surface area (Å²) in [6.07, 6.45) is 7.49. The monoisotopic (exact) mass is 281 g/mol. The van der Waals surface area contributed by atoms with E-state index in [0.29, 0.717) is 5.65 Å². The number of nitrogens with one attached hydrogen (secondary N) is 2. The topological polar surface area (TPSA) is 75.6 Å². The van der Waals surface area contributed by atoms with E-state index in [9.17, 15) is 4.79 Å². The third-order valence-electron chi connectivity index (χ3n) is 3.94. The number of aromatic nitrogens is 4. The molecule has 1 atom stereocenters. The fraction of sp³-hybridized carbons (Fsp3) is 0.267. The molecule has 6 nitrogen and oxygen atoms in total. The van der Waals surface area contributed by atoms with E-state index in [-0.39, 0.29) is 11.6 Å². The van der Waals surface area contributed by atoms with Crippen LogP contribution in [0.2, 0.25) is 0 Å². The zero-order valence-corrected chi connectivity index (χ0v) is 11.4. The van der Waals surface area contributed by atoms with Gasteiger partial charge < -0.3 is 14.9 Å². The molecule has 0 fully saturated rings. The zero-order chi connectivity index (χ0) is 14.2. The van der Waals surface area contributed by atoms with E-state index in [1.165, 1.54) is 5.69 Å². The van der Waals surface area contributed by atoms with Gasteiger partial charge in [0.25, 0.3) is 5.56 Å². The molecule has 0 saturated heterocycles. The SMILES string of the molecule is O=c1cc(NC2CCc3cncn3C2)c2cccnc2[nH]1. The highest BCUT2D eigenvalue weighted by molar-refractivity contribution is 5.88. The van der Waals surface area contributed by atoms with Crippen molar-refractivity contribution in [1.29, 1.82) is 0 Å². The molecule has 4 heterocycles. The number of hydrogen-bond acceptors (Lipinski definition) is 4. The smallest absolute Gasteiger partial charge is 0.251 e. The van der Waals surface area contributed by atoms with E-state index >= 15 is 0 Å². The lowest BCUT2D eigenvalue weighted by Gasteiger charge is -2.26. The highest BCUT2D eigenvalue weighted by Gasteiger charge is 2.19. The Morgan fingerprint density at radius 2 is 2.38 bits per heavy atom. The van der Waals surface area contributed by atoms with Crippen molar-refractivity contribution in [2.75, 3.05) is 5.32 Å². The van der Waals surface area contributed by atoms with Gasteiger partial charge in [0.15, 0.2) is 0 Å². The summed E-state index contributed by atoms with van der Waals surface area (Å²) < 4.78 is 2.16. The molecule has 21 heavy (non-hydrogen) atoms. The largest absolute Gasteiger partial charge is 0.380 e. The number of hydrogen-bond donors (Lipinski definition) is 2. The molecule has 0 bridgehead atoms. The molecule has 2 N–H and O–H groups in total. The Bertz CT molecular complexity index is 850. The van der Waals surface area contributed by atoms with Gasteiger partial charge in [0.1, 0.15) is 5.65 Å². The number of H-pyrrole nitrogens is 1. The third kappa shape index (κ3) is 2.18. The van der Waals surface area contributed by atoms with Crippen LogP contribution in [0.4, 0.5) is 5.69 Å². The van der Waals surface area contributed by atoms with E-state index in [4.69, 9.17) is 0 Å². The minimum absolute atomic E-state index is 0.136. The van der Waals surface area contributed by atoms with Crippen LogP contribution in [0, 0.1) is 0 Å². The molecule has 6 heteroatoms. The number of aryl methyl sites for hydroxylation is 1. The van der Waals surface area contributed by atoms with Gasteiger partial charge in [-0.25, -0.2) is 9.97 Å². The van der Waals surface area contributed by atoms with Crippen LogP contribution in [-0.2, 0) is 13.0 Å². The minimum Gasteiger partial charge on any atom is -0.380 e. The van der Waals surface area contributed by atoms with Crippen LogP contribution in [0.3, 0.4) is 0 Å². The fourth-order valence-electron chi connectivity index (χ4n) is 2.91. The highest BCUT2D eigenvalue weighted by atomic mass is 16.1. The Labute approximate surface area is 120 Å².